The normalized spacial score (nSPS) is 21.6. The highest BCUT2D eigenvalue weighted by molar-refractivity contribution is 7.88. The zero-order valence-electron chi connectivity index (χ0n) is 19.9. The van der Waals surface area contributed by atoms with Crippen LogP contribution in [0.3, 0.4) is 0 Å². The Hall–Kier alpha value is -2.06. The van der Waals surface area contributed by atoms with Crippen molar-refractivity contribution in [2.45, 2.75) is 6.54 Å². The lowest BCUT2D eigenvalue weighted by molar-refractivity contribution is 0.0139. The van der Waals surface area contributed by atoms with Gasteiger partial charge < -0.3 is 4.74 Å². The molecule has 0 saturated carbocycles. The molecule has 1 aromatic carbocycles. The number of morpholine rings is 1. The number of rotatable bonds is 5. The Kier molecular flexibility index (Phi) is 6.29. The lowest BCUT2D eigenvalue weighted by Crippen LogP contribution is -2.57. The number of H-pyrrole nitrogens is 1. The number of anilines is 1. The van der Waals surface area contributed by atoms with Gasteiger partial charge in [0.1, 0.15) is 0 Å². The van der Waals surface area contributed by atoms with E-state index in [2.05, 4.69) is 54.3 Å². The summed E-state index contributed by atoms with van der Waals surface area (Å²) in [6.45, 7) is 8.38. The first-order chi connectivity index (χ1) is 17.0. The van der Waals surface area contributed by atoms with Crippen molar-refractivity contribution < 1.29 is 13.2 Å². The van der Waals surface area contributed by atoms with Crippen LogP contribution in [0.1, 0.15) is 4.88 Å². The predicted octanol–water partition coefficient (Wildman–Crippen LogP) is 1.65. The molecule has 0 bridgehead atoms. The van der Waals surface area contributed by atoms with Crippen LogP contribution in [-0.2, 0) is 21.3 Å². The molecule has 3 aliphatic heterocycles. The van der Waals surface area contributed by atoms with Crippen LogP contribution in [0, 0.1) is 0 Å². The molecule has 188 valence electrons. The minimum Gasteiger partial charge on any atom is -0.379 e. The van der Waals surface area contributed by atoms with Crippen LogP contribution < -0.4 is 5.01 Å². The third-order valence-electron chi connectivity index (χ3n) is 7.05. The van der Waals surface area contributed by atoms with Crippen molar-refractivity contribution in [1.29, 1.82) is 0 Å². The van der Waals surface area contributed by atoms with E-state index in [1.54, 1.807) is 4.31 Å². The number of nitrogens with one attached hydrogen (secondary N) is 1. The highest BCUT2D eigenvalue weighted by Gasteiger charge is 2.32. The topological polar surface area (TPSA) is 88.2 Å². The van der Waals surface area contributed by atoms with Crippen LogP contribution in [0.2, 0.25) is 0 Å². The van der Waals surface area contributed by atoms with E-state index in [1.807, 2.05) is 17.5 Å². The molecular weight excluding hydrogens is 486 g/mol. The van der Waals surface area contributed by atoms with E-state index >= 15 is 0 Å². The maximum absolute atomic E-state index is 11.9. The highest BCUT2D eigenvalue weighted by Crippen LogP contribution is 2.42. The molecule has 0 amide bonds. The van der Waals surface area contributed by atoms with Crippen molar-refractivity contribution in [2.75, 3.05) is 77.1 Å². The number of fused-ring (bicyclic) bond motifs is 2. The molecule has 0 radical (unpaired) electrons. The summed E-state index contributed by atoms with van der Waals surface area (Å²) in [6.07, 6.45) is 3.21. The van der Waals surface area contributed by atoms with Crippen LogP contribution >= 0.6 is 11.3 Å². The highest BCUT2D eigenvalue weighted by atomic mass is 32.2. The summed E-state index contributed by atoms with van der Waals surface area (Å²) >= 11 is 1.85. The van der Waals surface area contributed by atoms with Crippen molar-refractivity contribution in [3.63, 3.8) is 0 Å². The molecule has 3 aliphatic rings. The number of sulfonamides is 1. The van der Waals surface area contributed by atoms with Crippen molar-refractivity contribution in [2.24, 2.45) is 0 Å². The quantitative estimate of drug-likeness (QED) is 0.547. The number of aromatic amines is 1. The van der Waals surface area contributed by atoms with Gasteiger partial charge in [0, 0.05) is 66.5 Å². The van der Waals surface area contributed by atoms with E-state index in [1.165, 1.54) is 27.3 Å². The van der Waals surface area contributed by atoms with Crippen LogP contribution in [0.4, 0.5) is 5.69 Å². The monoisotopic (exact) mass is 517 g/mol. The predicted molar refractivity (Wildman–Crippen MR) is 138 cm³/mol. The Morgan fingerprint density at radius 2 is 1.89 bits per heavy atom. The Balaban J connectivity index is 1.26. The summed E-state index contributed by atoms with van der Waals surface area (Å²) in [4.78, 5) is 7.44. The summed E-state index contributed by atoms with van der Waals surface area (Å²) in [7, 11) is -3.12. The van der Waals surface area contributed by atoms with Gasteiger partial charge in [-0.25, -0.2) is 13.4 Å². The van der Waals surface area contributed by atoms with Gasteiger partial charge in [-0.1, -0.05) is 12.1 Å². The fourth-order valence-corrected chi connectivity index (χ4v) is 7.27. The molecule has 3 aromatic rings. The summed E-state index contributed by atoms with van der Waals surface area (Å²) in [5.41, 5.74) is 3.54. The van der Waals surface area contributed by atoms with Gasteiger partial charge in [0.05, 0.1) is 50.2 Å². The summed E-state index contributed by atoms with van der Waals surface area (Å²) in [5, 5.41) is 13.3. The van der Waals surface area contributed by atoms with Gasteiger partial charge in [-0.05, 0) is 12.1 Å². The van der Waals surface area contributed by atoms with E-state index in [4.69, 9.17) is 4.74 Å². The van der Waals surface area contributed by atoms with E-state index in [0.29, 0.717) is 13.1 Å². The van der Waals surface area contributed by atoms with Crippen molar-refractivity contribution in [3.8, 4) is 10.4 Å². The Labute approximate surface area is 209 Å². The zero-order valence-corrected chi connectivity index (χ0v) is 21.5. The molecule has 2 aromatic heterocycles. The smallest absolute Gasteiger partial charge is 0.211 e. The molecule has 35 heavy (non-hydrogen) atoms. The van der Waals surface area contributed by atoms with Gasteiger partial charge in [-0.15, -0.1) is 11.3 Å². The molecule has 12 heteroatoms. The number of hydrogen-bond donors (Lipinski definition) is 1. The molecule has 1 N–H and O–H groups in total. The average molecular weight is 518 g/mol. The lowest BCUT2D eigenvalue weighted by atomic mass is 10.1. The zero-order chi connectivity index (χ0) is 24.0. The van der Waals surface area contributed by atoms with Gasteiger partial charge >= 0.3 is 0 Å². The number of nitrogens with zero attached hydrogens (tertiary/aromatic N) is 6. The third-order valence-corrected chi connectivity index (χ3v) is 9.49. The second-order valence-corrected chi connectivity index (χ2v) is 12.5. The minimum absolute atomic E-state index is 0.558. The Bertz CT molecular complexity index is 1290. The number of hydrazine groups is 1. The van der Waals surface area contributed by atoms with Gasteiger partial charge in [-0.2, -0.15) is 9.40 Å². The SMILES string of the molecule is CS(=O)(=O)N1CCN(CN2Cc3sc(-c4cccc5[nH]ncc45)cc3N(N3CCOCC3)C2)CC1. The second kappa shape index (κ2) is 9.43. The number of benzene rings is 1. The molecule has 0 atom stereocenters. The van der Waals surface area contributed by atoms with Crippen LogP contribution in [0.5, 0.6) is 0 Å². The standard InChI is InChI=1S/C23H31N7O3S2/c1-35(31,32)29-7-5-26(6-8-29)16-27-15-23-21(30(17-27)28-9-11-33-12-10-28)13-22(34-23)18-3-2-4-20-19(18)14-24-25-20/h2-4,13-14H,5-12,15-17H2,1H3,(H,24,25). The fourth-order valence-electron chi connectivity index (χ4n) is 5.20. The molecule has 10 nitrogen and oxygen atoms in total. The van der Waals surface area contributed by atoms with Gasteiger partial charge in [0.25, 0.3) is 0 Å². The molecule has 0 aliphatic carbocycles. The van der Waals surface area contributed by atoms with Gasteiger partial charge in [0.15, 0.2) is 0 Å². The first kappa shape index (κ1) is 23.3. The third kappa shape index (κ3) is 4.71. The molecule has 0 unspecified atom stereocenters. The molecule has 5 heterocycles. The fraction of sp³-hybridized carbons (Fsp3) is 0.522. The molecule has 0 spiro atoms. The summed E-state index contributed by atoms with van der Waals surface area (Å²) in [5.74, 6) is 0. The largest absolute Gasteiger partial charge is 0.379 e. The van der Waals surface area contributed by atoms with Crippen molar-refractivity contribution >= 4 is 38.0 Å². The first-order valence-corrected chi connectivity index (χ1v) is 14.7. The number of piperazine rings is 1. The number of ether oxygens (including phenoxy) is 1. The summed E-state index contributed by atoms with van der Waals surface area (Å²) < 4.78 is 31.0. The first-order valence-electron chi connectivity index (χ1n) is 12.0. The number of aromatic nitrogens is 2. The second-order valence-electron chi connectivity index (χ2n) is 9.41. The van der Waals surface area contributed by atoms with E-state index in [-0.39, 0.29) is 0 Å². The molecule has 2 saturated heterocycles. The van der Waals surface area contributed by atoms with Gasteiger partial charge in [0.2, 0.25) is 10.0 Å². The van der Waals surface area contributed by atoms with Gasteiger partial charge in [-0.3, -0.25) is 19.9 Å². The number of thiophene rings is 1. The van der Waals surface area contributed by atoms with Crippen LogP contribution in [0.15, 0.2) is 30.5 Å². The number of hydrogen-bond acceptors (Lipinski definition) is 9. The Morgan fingerprint density at radius 3 is 2.66 bits per heavy atom. The van der Waals surface area contributed by atoms with E-state index in [0.717, 1.165) is 70.2 Å². The minimum atomic E-state index is -3.12. The molecule has 2 fully saturated rings. The summed E-state index contributed by atoms with van der Waals surface area (Å²) in [6, 6.07) is 8.65. The van der Waals surface area contributed by atoms with Crippen molar-refractivity contribution in [3.05, 3.63) is 35.3 Å². The maximum atomic E-state index is 11.9. The van der Waals surface area contributed by atoms with E-state index in [9.17, 15) is 8.42 Å². The molecular formula is C23H31N7O3S2. The lowest BCUT2D eigenvalue weighted by Gasteiger charge is -2.45. The maximum Gasteiger partial charge on any atom is 0.211 e. The van der Waals surface area contributed by atoms with E-state index < -0.39 is 10.0 Å². The average Bonchev–Trinajstić information content (AvgIpc) is 3.51. The Morgan fingerprint density at radius 1 is 1.09 bits per heavy atom. The van der Waals surface area contributed by atoms with Crippen LogP contribution in [0.25, 0.3) is 21.3 Å². The van der Waals surface area contributed by atoms with Crippen LogP contribution in [-0.4, -0.2) is 110 Å². The molecule has 6 rings (SSSR count). The van der Waals surface area contributed by atoms with Crippen molar-refractivity contribution in [1.82, 2.24) is 29.3 Å².